The highest BCUT2D eigenvalue weighted by molar-refractivity contribution is 5.77. The van der Waals surface area contributed by atoms with Gasteiger partial charge in [-0.1, -0.05) is 39.0 Å². The largest absolute Gasteiger partial charge is 0.353 e. The molecule has 3 N–H and O–H groups in total. The van der Waals surface area contributed by atoms with Crippen LogP contribution in [-0.4, -0.2) is 17.5 Å². The molecule has 104 valence electrons. The van der Waals surface area contributed by atoms with Crippen LogP contribution < -0.4 is 11.1 Å². The first kappa shape index (κ1) is 13.9. The molecular formula is C15H28N2O. The molecule has 0 spiro atoms. The van der Waals surface area contributed by atoms with E-state index in [4.69, 9.17) is 5.73 Å². The maximum Gasteiger partial charge on any atom is 0.222 e. The number of carbonyl (C=O) groups is 1. The van der Waals surface area contributed by atoms with Gasteiger partial charge in [0.05, 0.1) is 0 Å². The van der Waals surface area contributed by atoms with E-state index in [0.29, 0.717) is 18.4 Å². The summed E-state index contributed by atoms with van der Waals surface area (Å²) in [5.41, 5.74) is 6.12. The SMILES string of the molecule is CC1CCCCC1NC(=O)CC1(N)CCCCC1. The summed E-state index contributed by atoms with van der Waals surface area (Å²) in [5, 5.41) is 3.22. The summed E-state index contributed by atoms with van der Waals surface area (Å²) in [5.74, 6) is 0.806. The quantitative estimate of drug-likeness (QED) is 0.811. The van der Waals surface area contributed by atoms with Gasteiger partial charge in [0.15, 0.2) is 0 Å². The topological polar surface area (TPSA) is 55.1 Å². The standard InChI is InChI=1S/C15H28N2O/c1-12-7-3-4-8-13(12)17-14(18)11-15(16)9-5-2-6-10-15/h12-13H,2-11,16H2,1H3,(H,17,18). The minimum Gasteiger partial charge on any atom is -0.353 e. The highest BCUT2D eigenvalue weighted by Crippen LogP contribution is 2.29. The van der Waals surface area contributed by atoms with Gasteiger partial charge in [0.25, 0.3) is 0 Å². The molecule has 0 aliphatic heterocycles. The Labute approximate surface area is 111 Å². The first-order valence-electron chi connectivity index (χ1n) is 7.67. The fourth-order valence-electron chi connectivity index (χ4n) is 3.54. The Morgan fingerprint density at radius 3 is 2.50 bits per heavy atom. The molecule has 0 saturated heterocycles. The van der Waals surface area contributed by atoms with Crippen LogP contribution in [0.4, 0.5) is 0 Å². The molecule has 0 bridgehead atoms. The molecule has 0 radical (unpaired) electrons. The van der Waals surface area contributed by atoms with Crippen LogP contribution >= 0.6 is 0 Å². The zero-order valence-corrected chi connectivity index (χ0v) is 11.7. The minimum absolute atomic E-state index is 0.179. The fourth-order valence-corrected chi connectivity index (χ4v) is 3.54. The van der Waals surface area contributed by atoms with Gasteiger partial charge in [-0.05, 0) is 31.6 Å². The molecule has 2 aliphatic carbocycles. The van der Waals surface area contributed by atoms with Crippen LogP contribution in [0.15, 0.2) is 0 Å². The summed E-state index contributed by atoms with van der Waals surface area (Å²) in [6, 6.07) is 0.387. The van der Waals surface area contributed by atoms with Crippen LogP contribution in [0, 0.1) is 5.92 Å². The van der Waals surface area contributed by atoms with Crippen molar-refractivity contribution in [2.24, 2.45) is 11.7 Å². The van der Waals surface area contributed by atoms with E-state index in [1.807, 2.05) is 0 Å². The Morgan fingerprint density at radius 2 is 1.83 bits per heavy atom. The zero-order chi connectivity index (χ0) is 13.0. The van der Waals surface area contributed by atoms with Crippen molar-refractivity contribution in [1.29, 1.82) is 0 Å². The maximum atomic E-state index is 12.1. The van der Waals surface area contributed by atoms with Gasteiger partial charge < -0.3 is 11.1 Å². The van der Waals surface area contributed by atoms with Gasteiger partial charge in [-0.3, -0.25) is 4.79 Å². The lowest BCUT2D eigenvalue weighted by Crippen LogP contribution is -2.49. The highest BCUT2D eigenvalue weighted by atomic mass is 16.1. The van der Waals surface area contributed by atoms with Crippen LogP contribution in [0.5, 0.6) is 0 Å². The Hall–Kier alpha value is -0.570. The van der Waals surface area contributed by atoms with Gasteiger partial charge in [-0.25, -0.2) is 0 Å². The van der Waals surface area contributed by atoms with E-state index in [-0.39, 0.29) is 11.4 Å². The number of hydrogen-bond donors (Lipinski definition) is 2. The molecule has 2 atom stereocenters. The molecule has 2 rings (SSSR count). The summed E-state index contributed by atoms with van der Waals surface area (Å²) < 4.78 is 0. The van der Waals surface area contributed by atoms with Crippen LogP contribution in [0.25, 0.3) is 0 Å². The summed E-state index contributed by atoms with van der Waals surface area (Å²) >= 11 is 0. The summed E-state index contributed by atoms with van der Waals surface area (Å²) in [4.78, 5) is 12.1. The molecule has 18 heavy (non-hydrogen) atoms. The van der Waals surface area contributed by atoms with E-state index in [1.54, 1.807) is 0 Å². The predicted molar refractivity (Wildman–Crippen MR) is 74.2 cm³/mol. The predicted octanol–water partition coefficient (Wildman–Crippen LogP) is 2.73. The molecule has 2 saturated carbocycles. The normalized spacial score (nSPS) is 31.9. The fraction of sp³-hybridized carbons (Fsp3) is 0.933. The number of rotatable bonds is 3. The number of hydrogen-bond acceptors (Lipinski definition) is 2. The first-order chi connectivity index (χ1) is 8.59. The van der Waals surface area contributed by atoms with Crippen molar-refractivity contribution < 1.29 is 4.79 Å². The minimum atomic E-state index is -0.222. The van der Waals surface area contributed by atoms with E-state index in [2.05, 4.69) is 12.2 Å². The smallest absolute Gasteiger partial charge is 0.222 e. The molecule has 1 amide bonds. The molecule has 2 aliphatic rings. The van der Waals surface area contributed by atoms with Gasteiger partial charge in [-0.15, -0.1) is 0 Å². The second-order valence-electron chi connectivity index (χ2n) is 6.54. The average Bonchev–Trinajstić information content (AvgIpc) is 2.32. The molecule has 0 aromatic rings. The van der Waals surface area contributed by atoms with Crippen molar-refractivity contribution in [3.05, 3.63) is 0 Å². The molecule has 2 fully saturated rings. The molecule has 2 unspecified atom stereocenters. The van der Waals surface area contributed by atoms with Gasteiger partial charge in [0.2, 0.25) is 5.91 Å². The number of nitrogens with two attached hydrogens (primary N) is 1. The van der Waals surface area contributed by atoms with E-state index in [1.165, 1.54) is 38.5 Å². The molecule has 3 nitrogen and oxygen atoms in total. The van der Waals surface area contributed by atoms with Crippen LogP contribution in [0.1, 0.15) is 71.1 Å². The number of carbonyl (C=O) groups excluding carboxylic acids is 1. The van der Waals surface area contributed by atoms with Crippen molar-refractivity contribution in [2.75, 3.05) is 0 Å². The monoisotopic (exact) mass is 252 g/mol. The Kier molecular flexibility index (Phi) is 4.66. The lowest BCUT2D eigenvalue weighted by atomic mass is 9.79. The lowest BCUT2D eigenvalue weighted by Gasteiger charge is -2.35. The third-order valence-electron chi connectivity index (χ3n) is 4.82. The number of amides is 1. The van der Waals surface area contributed by atoms with Crippen molar-refractivity contribution >= 4 is 5.91 Å². The first-order valence-corrected chi connectivity index (χ1v) is 7.67. The summed E-state index contributed by atoms with van der Waals surface area (Å²) in [6.45, 7) is 2.25. The molecule has 0 aromatic carbocycles. The second kappa shape index (κ2) is 6.05. The van der Waals surface area contributed by atoms with Gasteiger partial charge in [0, 0.05) is 18.0 Å². The van der Waals surface area contributed by atoms with Crippen molar-refractivity contribution in [1.82, 2.24) is 5.32 Å². The van der Waals surface area contributed by atoms with Gasteiger partial charge in [-0.2, -0.15) is 0 Å². The lowest BCUT2D eigenvalue weighted by molar-refractivity contribution is -0.123. The Bertz CT molecular complexity index is 284. The van der Waals surface area contributed by atoms with Crippen molar-refractivity contribution in [3.8, 4) is 0 Å². The van der Waals surface area contributed by atoms with Crippen LogP contribution in [0.3, 0.4) is 0 Å². The Balaban J connectivity index is 1.80. The summed E-state index contributed by atoms with van der Waals surface area (Å²) in [7, 11) is 0. The summed E-state index contributed by atoms with van der Waals surface area (Å²) in [6.07, 6.45) is 11.2. The van der Waals surface area contributed by atoms with E-state index in [9.17, 15) is 4.79 Å². The van der Waals surface area contributed by atoms with Crippen LogP contribution in [0.2, 0.25) is 0 Å². The van der Waals surface area contributed by atoms with Crippen molar-refractivity contribution in [3.63, 3.8) is 0 Å². The highest BCUT2D eigenvalue weighted by Gasteiger charge is 2.31. The molecule has 0 aromatic heterocycles. The Morgan fingerprint density at radius 1 is 1.17 bits per heavy atom. The second-order valence-corrected chi connectivity index (χ2v) is 6.54. The molecular weight excluding hydrogens is 224 g/mol. The molecule has 0 heterocycles. The van der Waals surface area contributed by atoms with Crippen LogP contribution in [-0.2, 0) is 4.79 Å². The van der Waals surface area contributed by atoms with Gasteiger partial charge in [0.1, 0.15) is 0 Å². The maximum absolute atomic E-state index is 12.1. The van der Waals surface area contributed by atoms with E-state index >= 15 is 0 Å². The van der Waals surface area contributed by atoms with Gasteiger partial charge >= 0.3 is 0 Å². The van der Waals surface area contributed by atoms with E-state index in [0.717, 1.165) is 19.3 Å². The number of nitrogens with one attached hydrogen (secondary N) is 1. The third kappa shape index (κ3) is 3.71. The average molecular weight is 252 g/mol. The van der Waals surface area contributed by atoms with E-state index < -0.39 is 0 Å². The zero-order valence-electron chi connectivity index (χ0n) is 11.7. The third-order valence-corrected chi connectivity index (χ3v) is 4.82. The van der Waals surface area contributed by atoms with Crippen molar-refractivity contribution in [2.45, 2.75) is 82.7 Å². The molecule has 3 heteroatoms.